The molecule has 0 saturated carbocycles. The van der Waals surface area contributed by atoms with E-state index in [4.69, 9.17) is 6.57 Å². The predicted molar refractivity (Wildman–Crippen MR) is 298 cm³/mol. The van der Waals surface area contributed by atoms with Crippen LogP contribution in [-0.4, -0.2) is 9.13 Å². The normalized spacial score (nSPS) is 12.1. The molecule has 0 amide bonds. The van der Waals surface area contributed by atoms with Crippen LogP contribution in [0.4, 0.5) is 32.0 Å². The van der Waals surface area contributed by atoms with Gasteiger partial charge in [-0.3, -0.25) is 0 Å². The zero-order chi connectivity index (χ0) is 52.8. The van der Waals surface area contributed by atoms with Crippen LogP contribution >= 0.6 is 0 Å². The number of benzene rings is 10. The maximum absolute atomic E-state index is 15.3. The van der Waals surface area contributed by atoms with E-state index in [9.17, 15) is 13.2 Å². The van der Waals surface area contributed by atoms with Crippen LogP contribution in [0.1, 0.15) is 33.4 Å². The summed E-state index contributed by atoms with van der Waals surface area (Å²) < 4.78 is 92.7. The van der Waals surface area contributed by atoms with Crippen LogP contribution in [0.5, 0.6) is 0 Å². The minimum Gasteiger partial charge on any atom is -0.308 e. The van der Waals surface area contributed by atoms with Gasteiger partial charge in [-0.25, -0.2) is 4.85 Å². The third-order valence-electron chi connectivity index (χ3n) is 15.0. The standard InChI is InChI=1S/C67H45F6N3/c1-39-14-6-10-18-48(39)43-22-28-60-54(32-43)55-33-44(49-19-11-7-15-40(49)2)23-29-61(55)75(60)64-37-53(52-27-26-47(66(68,69)70)36-58(52)67(71,72)73)59(74-5)38-65(64)76-62-30-24-45(50-20-12-8-16-41(50)3)34-56(62)57-35-46(25-31-63(57)76)51-21-13-9-17-42(51)4/h6-38H,1-4H3. The Labute approximate surface area is 435 Å². The zero-order valence-electron chi connectivity index (χ0n) is 41.7. The summed E-state index contributed by atoms with van der Waals surface area (Å²) in [6, 6.07) is 62.3. The molecule has 0 radical (unpaired) electrons. The van der Waals surface area contributed by atoms with Gasteiger partial charge in [-0.15, -0.1) is 0 Å². The fourth-order valence-electron chi connectivity index (χ4n) is 11.2. The van der Waals surface area contributed by atoms with Crippen molar-refractivity contribution in [3.63, 3.8) is 0 Å². The molecule has 0 bridgehead atoms. The first kappa shape index (κ1) is 47.8. The molecule has 0 fully saturated rings. The van der Waals surface area contributed by atoms with Crippen LogP contribution in [0.25, 0.3) is 115 Å². The predicted octanol–water partition coefficient (Wildman–Crippen LogP) is 20.0. The van der Waals surface area contributed by atoms with Crippen molar-refractivity contribution in [2.75, 3.05) is 0 Å². The van der Waals surface area contributed by atoms with E-state index in [-0.39, 0.29) is 17.3 Å². The quantitative estimate of drug-likeness (QED) is 0.112. The maximum atomic E-state index is 15.3. The number of aryl methyl sites for hydroxylation is 4. The lowest BCUT2D eigenvalue weighted by Gasteiger charge is -2.22. The molecule has 0 aliphatic carbocycles. The number of hydrogen-bond acceptors (Lipinski definition) is 0. The molecule has 0 aliphatic heterocycles. The number of halogens is 6. The Balaban J connectivity index is 1.24. The summed E-state index contributed by atoms with van der Waals surface area (Å²) in [4.78, 5) is 3.89. The summed E-state index contributed by atoms with van der Waals surface area (Å²) in [5.74, 6) is 0. The SMILES string of the molecule is [C-]#[N+]c1cc(-n2c3ccc(-c4ccccc4C)cc3c3cc(-c4ccccc4C)ccc32)c(-n2c3ccc(-c4ccccc4C)cc3c3cc(-c4ccccc4C)ccc32)cc1-c1ccc(C(F)(F)F)cc1C(F)(F)F. The van der Waals surface area contributed by atoms with Crippen molar-refractivity contribution in [3.8, 4) is 67.0 Å². The number of alkyl halides is 6. The van der Waals surface area contributed by atoms with Crippen molar-refractivity contribution in [1.82, 2.24) is 9.13 Å². The van der Waals surface area contributed by atoms with E-state index in [0.717, 1.165) is 116 Å². The molecule has 12 aromatic rings. The lowest BCUT2D eigenvalue weighted by atomic mass is 9.94. The second kappa shape index (κ2) is 18.1. The van der Waals surface area contributed by atoms with Gasteiger partial charge in [0.1, 0.15) is 0 Å². The largest absolute Gasteiger partial charge is 0.416 e. The Morgan fingerprint density at radius 2 is 0.684 bits per heavy atom. The van der Waals surface area contributed by atoms with Crippen LogP contribution in [0.2, 0.25) is 0 Å². The Morgan fingerprint density at radius 1 is 0.342 bits per heavy atom. The van der Waals surface area contributed by atoms with Crippen LogP contribution < -0.4 is 0 Å². The third-order valence-corrected chi connectivity index (χ3v) is 15.0. The molecule has 9 heteroatoms. The molecule has 0 aliphatic rings. The van der Waals surface area contributed by atoms with Crippen LogP contribution in [0, 0.1) is 34.3 Å². The molecule has 2 heterocycles. The molecule has 76 heavy (non-hydrogen) atoms. The maximum Gasteiger partial charge on any atom is 0.416 e. The van der Waals surface area contributed by atoms with E-state index in [1.807, 2.05) is 89.5 Å². The average Bonchev–Trinajstić information content (AvgIpc) is 4.16. The number of fused-ring (bicyclic) bond motifs is 6. The van der Waals surface area contributed by atoms with Gasteiger partial charge in [0, 0.05) is 21.5 Å². The molecule has 0 atom stereocenters. The number of nitrogens with zero attached hydrogens (tertiary/aromatic N) is 3. The summed E-state index contributed by atoms with van der Waals surface area (Å²) in [6.07, 6.45) is -10.3. The van der Waals surface area contributed by atoms with Crippen molar-refractivity contribution in [2.45, 2.75) is 40.0 Å². The lowest BCUT2D eigenvalue weighted by Crippen LogP contribution is -2.12. The van der Waals surface area contributed by atoms with E-state index >= 15 is 13.2 Å². The molecule has 0 spiro atoms. The van der Waals surface area contributed by atoms with Crippen molar-refractivity contribution in [1.29, 1.82) is 0 Å². The molecule has 12 rings (SSSR count). The van der Waals surface area contributed by atoms with E-state index in [1.165, 1.54) is 0 Å². The topological polar surface area (TPSA) is 14.2 Å². The number of aromatic nitrogens is 2. The highest BCUT2D eigenvalue weighted by molar-refractivity contribution is 6.14. The average molecular weight is 1010 g/mol. The highest BCUT2D eigenvalue weighted by atomic mass is 19.4. The second-order valence-electron chi connectivity index (χ2n) is 19.6. The van der Waals surface area contributed by atoms with Crippen LogP contribution in [-0.2, 0) is 12.4 Å². The highest BCUT2D eigenvalue weighted by Crippen LogP contribution is 2.49. The highest BCUT2D eigenvalue weighted by Gasteiger charge is 2.39. The molecule has 10 aromatic carbocycles. The van der Waals surface area contributed by atoms with Gasteiger partial charge < -0.3 is 9.13 Å². The van der Waals surface area contributed by atoms with Crippen LogP contribution in [0.15, 0.2) is 200 Å². The molecule has 3 nitrogen and oxygen atoms in total. The van der Waals surface area contributed by atoms with E-state index < -0.39 is 29.0 Å². The Hall–Kier alpha value is -9.13. The molecule has 2 aromatic heterocycles. The van der Waals surface area contributed by atoms with Gasteiger partial charge >= 0.3 is 12.4 Å². The van der Waals surface area contributed by atoms with Gasteiger partial charge in [0.15, 0.2) is 5.69 Å². The van der Waals surface area contributed by atoms with Gasteiger partial charge in [-0.2, -0.15) is 26.3 Å². The van der Waals surface area contributed by atoms with Crippen molar-refractivity contribution in [3.05, 3.63) is 245 Å². The lowest BCUT2D eigenvalue weighted by molar-refractivity contribution is -0.142. The fourth-order valence-corrected chi connectivity index (χ4v) is 11.2. The van der Waals surface area contributed by atoms with Crippen LogP contribution in [0.3, 0.4) is 0 Å². The molecule has 0 saturated heterocycles. The van der Waals surface area contributed by atoms with Crippen molar-refractivity contribution < 1.29 is 26.3 Å². The van der Waals surface area contributed by atoms with E-state index in [1.54, 1.807) is 12.1 Å². The molecule has 370 valence electrons. The molecular weight excluding hydrogens is 961 g/mol. The summed E-state index contributed by atoms with van der Waals surface area (Å²) >= 11 is 0. The third kappa shape index (κ3) is 8.00. The minimum absolute atomic E-state index is 0.141. The Morgan fingerprint density at radius 3 is 1.00 bits per heavy atom. The van der Waals surface area contributed by atoms with Gasteiger partial charge in [0.2, 0.25) is 0 Å². The van der Waals surface area contributed by atoms with Crippen molar-refractivity contribution in [2.24, 2.45) is 0 Å². The number of rotatable bonds is 7. The summed E-state index contributed by atoms with van der Waals surface area (Å²) in [5, 5.41) is 3.54. The molecule has 0 N–H and O–H groups in total. The zero-order valence-corrected chi connectivity index (χ0v) is 41.7. The second-order valence-corrected chi connectivity index (χ2v) is 19.6. The van der Waals surface area contributed by atoms with E-state index in [2.05, 4.69) is 122 Å². The van der Waals surface area contributed by atoms with Crippen molar-refractivity contribution >= 4 is 49.3 Å². The van der Waals surface area contributed by atoms with Gasteiger partial charge in [0.05, 0.1) is 51.1 Å². The first-order valence-electron chi connectivity index (χ1n) is 24.8. The molecule has 0 unspecified atom stereocenters. The van der Waals surface area contributed by atoms with Gasteiger partial charge in [-0.1, -0.05) is 127 Å². The summed E-state index contributed by atoms with van der Waals surface area (Å²) in [6.45, 7) is 16.9. The number of hydrogen-bond donors (Lipinski definition) is 0. The first-order chi connectivity index (χ1) is 36.6. The van der Waals surface area contributed by atoms with Gasteiger partial charge in [0.25, 0.3) is 0 Å². The monoisotopic (exact) mass is 1010 g/mol. The fraction of sp³-hybridized carbons (Fsp3) is 0.0896. The van der Waals surface area contributed by atoms with Gasteiger partial charge in [-0.05, 0) is 178 Å². The Bertz CT molecular complexity index is 4180. The first-order valence-corrected chi connectivity index (χ1v) is 24.8. The minimum atomic E-state index is -5.21. The Kier molecular flexibility index (Phi) is 11.4. The summed E-state index contributed by atoms with van der Waals surface area (Å²) in [5.41, 5.74) is 12.5. The smallest absolute Gasteiger partial charge is 0.308 e. The summed E-state index contributed by atoms with van der Waals surface area (Å²) in [7, 11) is 0. The molecular formula is C67H45F6N3. The van der Waals surface area contributed by atoms with E-state index in [0.29, 0.717) is 17.4 Å².